The number of nitrogens with one attached hydrogen (secondary N) is 1. The van der Waals surface area contributed by atoms with Crippen LogP contribution in [0.1, 0.15) is 18.4 Å². The third-order valence-electron chi connectivity index (χ3n) is 3.38. The van der Waals surface area contributed by atoms with Crippen LogP contribution < -0.4 is 5.32 Å². The Morgan fingerprint density at radius 1 is 1.53 bits per heavy atom. The van der Waals surface area contributed by atoms with Gasteiger partial charge in [-0.15, -0.1) is 12.4 Å². The number of hydrogen-bond acceptors (Lipinski definition) is 2. The molecule has 1 aliphatic rings. The van der Waals surface area contributed by atoms with Gasteiger partial charge >= 0.3 is 0 Å². The third kappa shape index (κ3) is 4.48. The van der Waals surface area contributed by atoms with E-state index in [1.807, 2.05) is 36.2 Å². The number of amides is 1. The molecule has 0 aromatic heterocycles. The Balaban J connectivity index is 0.00000180. The molecule has 0 saturated carbocycles. The van der Waals surface area contributed by atoms with Crippen LogP contribution in [0.5, 0.6) is 0 Å². The number of likely N-dealkylation sites (tertiary alicyclic amines) is 1. The molecule has 3 nitrogen and oxygen atoms in total. The van der Waals surface area contributed by atoms with E-state index in [1.54, 1.807) is 0 Å². The van der Waals surface area contributed by atoms with Gasteiger partial charge in [-0.05, 0) is 37.6 Å². The van der Waals surface area contributed by atoms with Crippen molar-refractivity contribution in [1.29, 1.82) is 0 Å². The van der Waals surface area contributed by atoms with E-state index < -0.39 is 0 Å². The van der Waals surface area contributed by atoms with Gasteiger partial charge in [0.05, 0.1) is 6.42 Å². The zero-order valence-corrected chi connectivity index (χ0v) is 13.5. The topological polar surface area (TPSA) is 32.3 Å². The Morgan fingerprint density at radius 2 is 2.32 bits per heavy atom. The summed E-state index contributed by atoms with van der Waals surface area (Å²) < 4.78 is 1.03. The highest BCUT2D eigenvalue weighted by Gasteiger charge is 2.27. The van der Waals surface area contributed by atoms with Gasteiger partial charge in [-0.25, -0.2) is 0 Å². The SMILES string of the molecule is CNCC1CCCN1C(=O)Cc1cccc(Br)c1.Cl. The van der Waals surface area contributed by atoms with E-state index in [4.69, 9.17) is 0 Å². The first-order valence-electron chi connectivity index (χ1n) is 6.39. The summed E-state index contributed by atoms with van der Waals surface area (Å²) in [6.45, 7) is 1.80. The summed E-state index contributed by atoms with van der Waals surface area (Å²) in [6.07, 6.45) is 2.74. The van der Waals surface area contributed by atoms with Gasteiger partial charge in [0.25, 0.3) is 0 Å². The maximum Gasteiger partial charge on any atom is 0.227 e. The van der Waals surface area contributed by atoms with E-state index in [0.717, 1.165) is 36.0 Å². The number of hydrogen-bond donors (Lipinski definition) is 1. The molecule has 0 radical (unpaired) electrons. The molecule has 1 amide bonds. The number of nitrogens with zero attached hydrogens (tertiary/aromatic N) is 1. The number of carbonyl (C=O) groups is 1. The van der Waals surface area contributed by atoms with Crippen LogP contribution in [-0.4, -0.2) is 37.0 Å². The summed E-state index contributed by atoms with van der Waals surface area (Å²) >= 11 is 3.44. The predicted molar refractivity (Wildman–Crippen MR) is 83.8 cm³/mol. The minimum atomic E-state index is 0. The number of rotatable bonds is 4. The Labute approximate surface area is 129 Å². The molecule has 1 aromatic carbocycles. The highest BCUT2D eigenvalue weighted by Crippen LogP contribution is 2.19. The van der Waals surface area contributed by atoms with Crippen LogP contribution in [0.3, 0.4) is 0 Å². The predicted octanol–water partition coefficient (Wildman–Crippen LogP) is 2.62. The van der Waals surface area contributed by atoms with Crippen LogP contribution in [0, 0.1) is 0 Å². The molecule has 0 bridgehead atoms. The fourth-order valence-electron chi connectivity index (χ4n) is 2.53. The van der Waals surface area contributed by atoms with Gasteiger partial charge in [-0.3, -0.25) is 4.79 Å². The van der Waals surface area contributed by atoms with Gasteiger partial charge in [-0.2, -0.15) is 0 Å². The molecule has 1 unspecified atom stereocenters. The summed E-state index contributed by atoms with van der Waals surface area (Å²) in [4.78, 5) is 14.3. The minimum absolute atomic E-state index is 0. The summed E-state index contributed by atoms with van der Waals surface area (Å²) in [7, 11) is 1.94. The van der Waals surface area contributed by atoms with Crippen molar-refractivity contribution in [3.05, 3.63) is 34.3 Å². The first-order valence-corrected chi connectivity index (χ1v) is 7.18. The molecule has 106 valence electrons. The van der Waals surface area contributed by atoms with Crippen molar-refractivity contribution in [2.24, 2.45) is 0 Å². The van der Waals surface area contributed by atoms with Gasteiger partial charge in [0.1, 0.15) is 0 Å². The summed E-state index contributed by atoms with van der Waals surface area (Å²) in [5.41, 5.74) is 1.07. The molecule has 0 spiro atoms. The summed E-state index contributed by atoms with van der Waals surface area (Å²) in [5.74, 6) is 0.242. The Hall–Kier alpha value is -0.580. The summed E-state index contributed by atoms with van der Waals surface area (Å²) in [5, 5.41) is 3.17. The second kappa shape index (κ2) is 7.88. The van der Waals surface area contributed by atoms with Crippen molar-refractivity contribution in [3.63, 3.8) is 0 Å². The molecule has 1 aromatic rings. The first kappa shape index (κ1) is 16.5. The van der Waals surface area contributed by atoms with Crippen LogP contribution in [-0.2, 0) is 11.2 Å². The Kier molecular flexibility index (Phi) is 6.83. The lowest BCUT2D eigenvalue weighted by Gasteiger charge is -2.24. The van der Waals surface area contributed by atoms with Gasteiger partial charge in [-0.1, -0.05) is 28.1 Å². The molecule has 5 heteroatoms. The van der Waals surface area contributed by atoms with E-state index in [9.17, 15) is 4.79 Å². The molecule has 1 N–H and O–H groups in total. The van der Waals surface area contributed by atoms with Crippen LogP contribution in [0.15, 0.2) is 28.7 Å². The van der Waals surface area contributed by atoms with Crippen molar-refractivity contribution >= 4 is 34.2 Å². The monoisotopic (exact) mass is 346 g/mol. The van der Waals surface area contributed by atoms with E-state index >= 15 is 0 Å². The third-order valence-corrected chi connectivity index (χ3v) is 3.87. The van der Waals surface area contributed by atoms with Gasteiger partial charge < -0.3 is 10.2 Å². The van der Waals surface area contributed by atoms with Gasteiger partial charge in [0.2, 0.25) is 5.91 Å². The van der Waals surface area contributed by atoms with Crippen LogP contribution >= 0.6 is 28.3 Å². The highest BCUT2D eigenvalue weighted by atomic mass is 79.9. The molecule has 1 saturated heterocycles. The van der Waals surface area contributed by atoms with Crippen LogP contribution in [0.25, 0.3) is 0 Å². The average molecular weight is 348 g/mol. The standard InChI is InChI=1S/C14H19BrN2O.ClH/c1-16-10-13-6-3-7-17(13)14(18)9-11-4-2-5-12(15)8-11;/h2,4-5,8,13,16H,3,6-7,9-10H2,1H3;1H. The molecular formula is C14H20BrClN2O. The van der Waals surface area contributed by atoms with E-state index in [-0.39, 0.29) is 18.3 Å². The molecule has 1 heterocycles. The van der Waals surface area contributed by atoms with Crippen molar-refractivity contribution in [1.82, 2.24) is 10.2 Å². The van der Waals surface area contributed by atoms with Gasteiger partial charge in [0.15, 0.2) is 0 Å². The molecule has 1 atom stereocenters. The van der Waals surface area contributed by atoms with E-state index in [1.165, 1.54) is 0 Å². The lowest BCUT2D eigenvalue weighted by atomic mass is 10.1. The van der Waals surface area contributed by atoms with Gasteiger partial charge in [0, 0.05) is 23.6 Å². The minimum Gasteiger partial charge on any atom is -0.338 e. The number of carbonyl (C=O) groups excluding carboxylic acids is 1. The van der Waals surface area contributed by atoms with E-state index in [0.29, 0.717) is 12.5 Å². The average Bonchev–Trinajstić information content (AvgIpc) is 2.78. The fourth-order valence-corrected chi connectivity index (χ4v) is 2.98. The molecule has 19 heavy (non-hydrogen) atoms. The second-order valence-electron chi connectivity index (χ2n) is 4.75. The normalized spacial score (nSPS) is 18.2. The zero-order valence-electron chi connectivity index (χ0n) is 11.1. The fraction of sp³-hybridized carbons (Fsp3) is 0.500. The van der Waals surface area contributed by atoms with Crippen molar-refractivity contribution in [2.75, 3.05) is 20.1 Å². The molecular weight excluding hydrogens is 328 g/mol. The quantitative estimate of drug-likeness (QED) is 0.908. The number of likely N-dealkylation sites (N-methyl/N-ethyl adjacent to an activating group) is 1. The molecule has 1 aliphatic heterocycles. The smallest absolute Gasteiger partial charge is 0.227 e. The maximum atomic E-state index is 12.3. The zero-order chi connectivity index (χ0) is 13.0. The first-order chi connectivity index (χ1) is 8.70. The lowest BCUT2D eigenvalue weighted by molar-refractivity contribution is -0.131. The van der Waals surface area contributed by atoms with Crippen molar-refractivity contribution < 1.29 is 4.79 Å². The Morgan fingerprint density at radius 3 is 3.00 bits per heavy atom. The highest BCUT2D eigenvalue weighted by molar-refractivity contribution is 9.10. The summed E-state index contributed by atoms with van der Waals surface area (Å²) in [6, 6.07) is 8.34. The molecule has 2 rings (SSSR count). The van der Waals surface area contributed by atoms with E-state index in [2.05, 4.69) is 21.2 Å². The lowest BCUT2D eigenvalue weighted by Crippen LogP contribution is -2.41. The number of halogens is 2. The maximum absolute atomic E-state index is 12.3. The number of benzene rings is 1. The van der Waals surface area contributed by atoms with Crippen LogP contribution in [0.4, 0.5) is 0 Å². The van der Waals surface area contributed by atoms with Crippen molar-refractivity contribution in [2.45, 2.75) is 25.3 Å². The van der Waals surface area contributed by atoms with Crippen LogP contribution in [0.2, 0.25) is 0 Å². The molecule has 0 aliphatic carbocycles. The van der Waals surface area contributed by atoms with Crippen molar-refractivity contribution in [3.8, 4) is 0 Å². The largest absolute Gasteiger partial charge is 0.338 e. The molecule has 1 fully saturated rings. The second-order valence-corrected chi connectivity index (χ2v) is 5.66. The Bertz CT molecular complexity index is 428.